The van der Waals surface area contributed by atoms with Crippen molar-refractivity contribution in [2.45, 2.75) is 33.6 Å². The lowest BCUT2D eigenvalue weighted by Gasteiger charge is -2.29. The number of carbonyl (C=O) groups excluding carboxylic acids is 1. The molecule has 162 valence electrons. The lowest BCUT2D eigenvalue weighted by atomic mass is 9.77. The topological polar surface area (TPSA) is 59.8 Å². The highest BCUT2D eigenvalue weighted by atomic mass is 16.1. The Bertz CT molecular complexity index is 1470. The second-order valence-electron chi connectivity index (χ2n) is 8.98. The van der Waals surface area contributed by atoms with Gasteiger partial charge in [-0.25, -0.2) is 4.98 Å². The Labute approximate surface area is 192 Å². The van der Waals surface area contributed by atoms with E-state index in [-0.39, 0.29) is 11.7 Å². The number of benzene rings is 2. The minimum atomic E-state index is -0.200. The van der Waals surface area contributed by atoms with Gasteiger partial charge in [-0.15, -0.1) is 0 Å². The van der Waals surface area contributed by atoms with E-state index in [0.29, 0.717) is 0 Å². The first kappa shape index (κ1) is 19.7. The maximum absolute atomic E-state index is 13.8. The Hall–Kier alpha value is -3.99. The number of hydrogen-bond acceptors (Lipinski definition) is 4. The monoisotopic (exact) mass is 432 g/mol. The number of nitrogens with one attached hydrogen (secondary N) is 1. The smallest absolute Gasteiger partial charge is 0.192 e. The van der Waals surface area contributed by atoms with Gasteiger partial charge in [0.05, 0.1) is 11.4 Å². The van der Waals surface area contributed by atoms with Crippen LogP contribution in [0, 0.1) is 27.7 Å². The summed E-state index contributed by atoms with van der Waals surface area (Å²) in [5.74, 6) is 1.51. The molecule has 1 N–H and O–H groups in total. The molecular weight excluding hydrogens is 408 g/mol. The number of Topliss-reactive ketones (excluding diaryl/α,β-unsaturated/α-hetero) is 1. The normalized spacial score (nSPS) is 16.4. The van der Waals surface area contributed by atoms with Crippen LogP contribution in [0.3, 0.4) is 0 Å². The second kappa shape index (κ2) is 7.01. The highest BCUT2D eigenvalue weighted by Gasteiger charge is 2.43. The molecule has 1 atom stereocenters. The average molecular weight is 433 g/mol. The zero-order valence-electron chi connectivity index (χ0n) is 19.1. The van der Waals surface area contributed by atoms with Gasteiger partial charge < -0.3 is 5.32 Å². The third kappa shape index (κ3) is 2.75. The highest BCUT2D eigenvalue weighted by Crippen LogP contribution is 2.51. The Morgan fingerprint density at radius 2 is 1.58 bits per heavy atom. The molecule has 0 fully saturated rings. The number of fused-ring (bicyclic) bond motifs is 3. The molecular formula is C28H24N4O. The number of hydrogen-bond donors (Lipinski definition) is 1. The number of aromatic nitrogens is 3. The van der Waals surface area contributed by atoms with Gasteiger partial charge in [0, 0.05) is 34.4 Å². The first-order valence-electron chi connectivity index (χ1n) is 11.2. The largest absolute Gasteiger partial charge is 0.339 e. The standard InChI is InChI=1S/C28H24N4O/c1-15-13-16(2)22(17(3)14-15)24-23-18(4)31-32(21-11-7-8-12-29-21)28(23)30-26-19-9-5-6-10-20(19)27(33)25(24)26/h5-14,24,30H,1-4H3/t24-/m0/s1. The summed E-state index contributed by atoms with van der Waals surface area (Å²) >= 11 is 0. The number of carbonyl (C=O) groups is 1. The van der Waals surface area contributed by atoms with Gasteiger partial charge in [-0.3, -0.25) is 4.79 Å². The molecule has 5 nitrogen and oxygen atoms in total. The molecule has 0 saturated heterocycles. The summed E-state index contributed by atoms with van der Waals surface area (Å²) in [6, 6.07) is 18.1. The molecule has 1 aliphatic heterocycles. The van der Waals surface area contributed by atoms with Crippen LogP contribution in [0.2, 0.25) is 0 Å². The van der Waals surface area contributed by atoms with Crippen molar-refractivity contribution in [1.82, 2.24) is 14.8 Å². The Morgan fingerprint density at radius 3 is 2.27 bits per heavy atom. The van der Waals surface area contributed by atoms with Crippen LogP contribution in [0.1, 0.15) is 55.4 Å². The minimum Gasteiger partial charge on any atom is -0.339 e. The van der Waals surface area contributed by atoms with E-state index in [1.165, 1.54) is 22.3 Å². The van der Waals surface area contributed by atoms with Crippen LogP contribution < -0.4 is 5.32 Å². The first-order chi connectivity index (χ1) is 16.0. The van der Waals surface area contributed by atoms with Crippen molar-refractivity contribution < 1.29 is 4.79 Å². The van der Waals surface area contributed by atoms with Crippen molar-refractivity contribution in [2.75, 3.05) is 5.32 Å². The minimum absolute atomic E-state index is 0.0908. The molecule has 5 heteroatoms. The number of ketones is 1. The molecule has 33 heavy (non-hydrogen) atoms. The zero-order valence-corrected chi connectivity index (χ0v) is 19.1. The van der Waals surface area contributed by atoms with E-state index in [2.05, 4.69) is 43.2 Å². The maximum Gasteiger partial charge on any atom is 0.192 e. The van der Waals surface area contributed by atoms with Crippen molar-refractivity contribution in [3.63, 3.8) is 0 Å². The molecule has 2 aromatic carbocycles. The van der Waals surface area contributed by atoms with Crippen molar-refractivity contribution in [2.24, 2.45) is 0 Å². The van der Waals surface area contributed by atoms with Gasteiger partial charge in [0.1, 0.15) is 5.82 Å². The van der Waals surface area contributed by atoms with Crippen LogP contribution >= 0.6 is 0 Å². The molecule has 0 spiro atoms. The van der Waals surface area contributed by atoms with E-state index < -0.39 is 0 Å². The number of allylic oxidation sites excluding steroid dienone is 1. The van der Waals surface area contributed by atoms with Gasteiger partial charge in [0.15, 0.2) is 11.6 Å². The number of anilines is 1. The SMILES string of the molecule is Cc1cc(C)c([C@@H]2C3=C(Nc4c2c(C)nn4-c2ccccn2)c2ccccc2C3=O)c(C)c1. The third-order valence-electron chi connectivity index (χ3n) is 6.78. The average Bonchev–Trinajstić information content (AvgIpc) is 3.28. The van der Waals surface area contributed by atoms with Crippen LogP contribution in [0.5, 0.6) is 0 Å². The molecule has 1 aliphatic carbocycles. The summed E-state index contributed by atoms with van der Waals surface area (Å²) in [6.07, 6.45) is 1.77. The predicted molar refractivity (Wildman–Crippen MR) is 130 cm³/mol. The molecule has 4 aromatic rings. The Balaban J connectivity index is 1.68. The summed E-state index contributed by atoms with van der Waals surface area (Å²) < 4.78 is 1.87. The number of pyridine rings is 1. The van der Waals surface area contributed by atoms with E-state index in [1.54, 1.807) is 6.20 Å². The van der Waals surface area contributed by atoms with E-state index in [4.69, 9.17) is 5.10 Å². The van der Waals surface area contributed by atoms with Crippen LogP contribution in [-0.2, 0) is 0 Å². The molecule has 2 aromatic heterocycles. The maximum atomic E-state index is 13.8. The zero-order chi connectivity index (χ0) is 22.9. The number of rotatable bonds is 2. The van der Waals surface area contributed by atoms with Gasteiger partial charge in [-0.2, -0.15) is 9.78 Å². The molecule has 3 heterocycles. The molecule has 0 bridgehead atoms. The summed E-state index contributed by atoms with van der Waals surface area (Å²) in [5.41, 5.74) is 10.1. The van der Waals surface area contributed by atoms with Crippen LogP contribution in [0.25, 0.3) is 11.5 Å². The molecule has 0 saturated carbocycles. The fourth-order valence-electron chi connectivity index (χ4n) is 5.56. The predicted octanol–water partition coefficient (Wildman–Crippen LogP) is 5.67. The summed E-state index contributed by atoms with van der Waals surface area (Å²) in [4.78, 5) is 18.3. The van der Waals surface area contributed by atoms with E-state index in [9.17, 15) is 4.79 Å². The van der Waals surface area contributed by atoms with Crippen molar-refractivity contribution >= 4 is 17.3 Å². The summed E-state index contributed by atoms with van der Waals surface area (Å²) in [7, 11) is 0. The van der Waals surface area contributed by atoms with E-state index in [0.717, 1.165) is 45.3 Å². The van der Waals surface area contributed by atoms with Gasteiger partial charge in [0.25, 0.3) is 0 Å². The molecule has 0 amide bonds. The lowest BCUT2D eigenvalue weighted by Crippen LogP contribution is -2.21. The number of aryl methyl sites for hydroxylation is 4. The van der Waals surface area contributed by atoms with Crippen molar-refractivity contribution in [3.8, 4) is 5.82 Å². The first-order valence-corrected chi connectivity index (χ1v) is 11.2. The Kier molecular flexibility index (Phi) is 4.18. The fourth-order valence-corrected chi connectivity index (χ4v) is 5.56. The Morgan fingerprint density at radius 1 is 0.879 bits per heavy atom. The van der Waals surface area contributed by atoms with Gasteiger partial charge in [-0.1, -0.05) is 48.0 Å². The van der Waals surface area contributed by atoms with Crippen LogP contribution in [-0.4, -0.2) is 20.5 Å². The fraction of sp³-hybridized carbons (Fsp3) is 0.179. The molecule has 6 rings (SSSR count). The second-order valence-corrected chi connectivity index (χ2v) is 8.98. The van der Waals surface area contributed by atoms with Crippen molar-refractivity contribution in [3.05, 3.63) is 111 Å². The summed E-state index contributed by atoms with van der Waals surface area (Å²) in [5, 5.41) is 8.48. The van der Waals surface area contributed by atoms with Crippen molar-refractivity contribution in [1.29, 1.82) is 0 Å². The van der Waals surface area contributed by atoms with Gasteiger partial charge in [0.2, 0.25) is 0 Å². The number of nitrogens with zero attached hydrogens (tertiary/aromatic N) is 3. The summed E-state index contributed by atoms with van der Waals surface area (Å²) in [6.45, 7) is 8.41. The highest BCUT2D eigenvalue weighted by molar-refractivity contribution is 6.24. The molecule has 0 radical (unpaired) electrons. The quantitative estimate of drug-likeness (QED) is 0.444. The van der Waals surface area contributed by atoms with Gasteiger partial charge in [-0.05, 0) is 56.5 Å². The van der Waals surface area contributed by atoms with E-state index >= 15 is 0 Å². The third-order valence-corrected chi connectivity index (χ3v) is 6.78. The van der Waals surface area contributed by atoms with Crippen LogP contribution in [0.4, 0.5) is 5.82 Å². The molecule has 0 unspecified atom stereocenters. The van der Waals surface area contributed by atoms with E-state index in [1.807, 2.05) is 54.1 Å². The lowest BCUT2D eigenvalue weighted by molar-refractivity contribution is 0.103. The van der Waals surface area contributed by atoms with Crippen LogP contribution in [0.15, 0.2) is 66.4 Å². The molecule has 2 aliphatic rings. The van der Waals surface area contributed by atoms with Gasteiger partial charge >= 0.3 is 0 Å².